The van der Waals surface area contributed by atoms with Gasteiger partial charge in [-0.1, -0.05) is 30.3 Å². The van der Waals surface area contributed by atoms with Crippen LogP contribution < -0.4 is 5.32 Å². The molecule has 0 radical (unpaired) electrons. The van der Waals surface area contributed by atoms with Crippen molar-refractivity contribution in [3.05, 3.63) is 66.0 Å². The normalized spacial score (nSPS) is 11.2. The van der Waals surface area contributed by atoms with Gasteiger partial charge >= 0.3 is 0 Å². The number of aryl methyl sites for hydroxylation is 1. The van der Waals surface area contributed by atoms with Crippen LogP contribution in [0.1, 0.15) is 16.2 Å². The van der Waals surface area contributed by atoms with Gasteiger partial charge in [0, 0.05) is 19.8 Å². The van der Waals surface area contributed by atoms with E-state index in [1.807, 2.05) is 73.3 Å². The maximum absolute atomic E-state index is 12.4. The summed E-state index contributed by atoms with van der Waals surface area (Å²) in [7, 11) is 3.73. The number of nitrogens with zero attached hydrogens (tertiary/aromatic N) is 2. The summed E-state index contributed by atoms with van der Waals surface area (Å²) in [6, 6.07) is 15.6. The minimum absolute atomic E-state index is 0.103. The minimum Gasteiger partial charge on any atom is -0.388 e. The molecule has 0 saturated heterocycles. The molecule has 22 heavy (non-hydrogen) atoms. The first-order valence-corrected chi connectivity index (χ1v) is 7.11. The van der Waals surface area contributed by atoms with Gasteiger partial charge in [-0.2, -0.15) is 0 Å². The lowest BCUT2D eigenvalue weighted by molar-refractivity contribution is 0.103. The summed E-state index contributed by atoms with van der Waals surface area (Å²) < 4.78 is 1.83. The molecule has 2 aromatic carbocycles. The first kappa shape index (κ1) is 14.1. The number of carbonyl (C=O) groups excluding carboxylic acids is 1. The second kappa shape index (κ2) is 5.85. The van der Waals surface area contributed by atoms with Crippen molar-refractivity contribution >= 4 is 28.6 Å². The molecule has 0 aliphatic heterocycles. The van der Waals surface area contributed by atoms with Crippen LogP contribution in [0.5, 0.6) is 0 Å². The molecule has 3 rings (SSSR count). The predicted octanol–water partition coefficient (Wildman–Crippen LogP) is 3.51. The quantitative estimate of drug-likeness (QED) is 0.591. The molecule has 110 valence electrons. The molecule has 0 bridgehead atoms. The van der Waals surface area contributed by atoms with Crippen LogP contribution in [0, 0.1) is 0 Å². The zero-order valence-corrected chi connectivity index (χ0v) is 12.6. The number of hydrogen-bond acceptors (Lipinski definition) is 3. The highest BCUT2D eigenvalue weighted by Crippen LogP contribution is 2.16. The molecule has 1 heterocycles. The van der Waals surface area contributed by atoms with E-state index in [1.165, 1.54) is 0 Å². The van der Waals surface area contributed by atoms with E-state index in [0.717, 1.165) is 22.3 Å². The highest BCUT2D eigenvalue weighted by molar-refractivity contribution is 6.06. The fraction of sp³-hybridized carbons (Fsp3) is 0.111. The summed E-state index contributed by atoms with van der Waals surface area (Å²) in [5.74, 6) is 0.343. The lowest BCUT2D eigenvalue weighted by Gasteiger charge is -2.00. The summed E-state index contributed by atoms with van der Waals surface area (Å²) in [6.45, 7) is 0. The molecule has 0 amide bonds. The Bertz CT molecular complexity index is 862. The minimum atomic E-state index is -0.103. The van der Waals surface area contributed by atoms with E-state index in [1.54, 1.807) is 6.08 Å². The van der Waals surface area contributed by atoms with Gasteiger partial charge in [0.15, 0.2) is 5.82 Å². The van der Waals surface area contributed by atoms with Crippen LogP contribution in [0.2, 0.25) is 0 Å². The Labute approximate surface area is 129 Å². The first-order chi connectivity index (χ1) is 10.7. The number of aromatic nitrogens is 2. The number of allylic oxidation sites excluding steroid dienone is 1. The Kier molecular flexibility index (Phi) is 3.74. The lowest BCUT2D eigenvalue weighted by Crippen LogP contribution is -2.04. The predicted molar refractivity (Wildman–Crippen MR) is 90.1 cm³/mol. The van der Waals surface area contributed by atoms with E-state index in [9.17, 15) is 4.79 Å². The van der Waals surface area contributed by atoms with Gasteiger partial charge in [0.2, 0.25) is 5.78 Å². The van der Waals surface area contributed by atoms with Crippen molar-refractivity contribution in [1.82, 2.24) is 9.55 Å². The maximum Gasteiger partial charge on any atom is 0.221 e. The molecule has 0 unspecified atom stereocenters. The van der Waals surface area contributed by atoms with Crippen LogP contribution in [0.25, 0.3) is 17.1 Å². The topological polar surface area (TPSA) is 46.9 Å². The summed E-state index contributed by atoms with van der Waals surface area (Å²) in [5, 5.41) is 3.08. The van der Waals surface area contributed by atoms with E-state index < -0.39 is 0 Å². The Hall–Kier alpha value is -2.88. The smallest absolute Gasteiger partial charge is 0.221 e. The van der Waals surface area contributed by atoms with Crippen LogP contribution in [0.3, 0.4) is 0 Å². The molecular formula is C18H17N3O. The number of ketones is 1. The van der Waals surface area contributed by atoms with Crippen molar-refractivity contribution < 1.29 is 4.79 Å². The Morgan fingerprint density at radius 1 is 1.18 bits per heavy atom. The largest absolute Gasteiger partial charge is 0.388 e. The second-order valence-corrected chi connectivity index (χ2v) is 5.06. The van der Waals surface area contributed by atoms with Crippen LogP contribution >= 0.6 is 0 Å². The molecule has 0 fully saturated rings. The monoisotopic (exact) mass is 291 g/mol. The number of para-hydroxylation sites is 2. The fourth-order valence-electron chi connectivity index (χ4n) is 2.41. The lowest BCUT2D eigenvalue weighted by atomic mass is 10.1. The van der Waals surface area contributed by atoms with Gasteiger partial charge < -0.3 is 9.88 Å². The van der Waals surface area contributed by atoms with Gasteiger partial charge in [-0.25, -0.2) is 4.98 Å². The molecule has 0 spiro atoms. The van der Waals surface area contributed by atoms with E-state index in [0.29, 0.717) is 5.82 Å². The van der Waals surface area contributed by atoms with E-state index in [-0.39, 0.29) is 5.78 Å². The van der Waals surface area contributed by atoms with Crippen LogP contribution in [-0.2, 0) is 7.05 Å². The summed E-state index contributed by atoms with van der Waals surface area (Å²) in [4.78, 5) is 16.8. The van der Waals surface area contributed by atoms with E-state index in [2.05, 4.69) is 10.3 Å². The maximum atomic E-state index is 12.4. The molecule has 1 aromatic heterocycles. The summed E-state index contributed by atoms with van der Waals surface area (Å²) in [6.07, 6.45) is 3.37. The van der Waals surface area contributed by atoms with Gasteiger partial charge in [0.1, 0.15) is 0 Å². The highest BCUT2D eigenvalue weighted by Gasteiger charge is 2.12. The molecule has 0 aliphatic rings. The van der Waals surface area contributed by atoms with Gasteiger partial charge in [-0.05, 0) is 35.9 Å². The zero-order valence-electron chi connectivity index (χ0n) is 12.6. The van der Waals surface area contributed by atoms with E-state index >= 15 is 0 Å². The average Bonchev–Trinajstić information content (AvgIpc) is 2.90. The highest BCUT2D eigenvalue weighted by atomic mass is 16.1. The van der Waals surface area contributed by atoms with Crippen LogP contribution in [-0.4, -0.2) is 22.4 Å². The molecular weight excluding hydrogens is 274 g/mol. The standard InChI is InChI=1S/C18H17N3O/c1-19-14-7-5-6-13(12-14)10-11-17(22)18-20-15-8-3-4-9-16(15)21(18)2/h3-12,19H,1-2H3/b11-10+. The Morgan fingerprint density at radius 3 is 2.77 bits per heavy atom. The third-order valence-electron chi connectivity index (χ3n) is 3.61. The van der Waals surface area contributed by atoms with Crippen molar-refractivity contribution in [1.29, 1.82) is 0 Å². The molecule has 4 heteroatoms. The zero-order chi connectivity index (χ0) is 15.5. The number of benzene rings is 2. The van der Waals surface area contributed by atoms with Crippen molar-refractivity contribution in [2.75, 3.05) is 12.4 Å². The number of anilines is 1. The summed E-state index contributed by atoms with van der Waals surface area (Å²) >= 11 is 0. The number of rotatable bonds is 4. The third-order valence-corrected chi connectivity index (χ3v) is 3.61. The average molecular weight is 291 g/mol. The SMILES string of the molecule is CNc1cccc(/C=C/C(=O)c2nc3ccccc3n2C)c1. The number of fused-ring (bicyclic) bond motifs is 1. The third kappa shape index (κ3) is 2.63. The van der Waals surface area contributed by atoms with Crippen molar-refractivity contribution in [3.63, 3.8) is 0 Å². The summed E-state index contributed by atoms with van der Waals surface area (Å²) in [5.41, 5.74) is 3.77. The Balaban J connectivity index is 1.89. The fourth-order valence-corrected chi connectivity index (χ4v) is 2.41. The van der Waals surface area contributed by atoms with Crippen molar-refractivity contribution in [3.8, 4) is 0 Å². The first-order valence-electron chi connectivity index (χ1n) is 7.11. The van der Waals surface area contributed by atoms with Gasteiger partial charge in [0.25, 0.3) is 0 Å². The number of imidazole rings is 1. The second-order valence-electron chi connectivity index (χ2n) is 5.06. The van der Waals surface area contributed by atoms with Gasteiger partial charge in [0.05, 0.1) is 11.0 Å². The van der Waals surface area contributed by atoms with Crippen LogP contribution in [0.4, 0.5) is 5.69 Å². The van der Waals surface area contributed by atoms with Crippen LogP contribution in [0.15, 0.2) is 54.6 Å². The number of nitrogens with one attached hydrogen (secondary N) is 1. The van der Waals surface area contributed by atoms with Gasteiger partial charge in [-0.15, -0.1) is 0 Å². The molecule has 3 aromatic rings. The number of carbonyl (C=O) groups is 1. The molecule has 0 saturated carbocycles. The molecule has 0 atom stereocenters. The molecule has 4 nitrogen and oxygen atoms in total. The number of hydrogen-bond donors (Lipinski definition) is 1. The van der Waals surface area contributed by atoms with Crippen molar-refractivity contribution in [2.45, 2.75) is 0 Å². The van der Waals surface area contributed by atoms with Crippen molar-refractivity contribution in [2.24, 2.45) is 7.05 Å². The van der Waals surface area contributed by atoms with Gasteiger partial charge in [-0.3, -0.25) is 4.79 Å². The van der Waals surface area contributed by atoms with E-state index in [4.69, 9.17) is 0 Å². The Morgan fingerprint density at radius 2 is 2.00 bits per heavy atom. The molecule has 1 N–H and O–H groups in total. The molecule has 0 aliphatic carbocycles.